The second-order valence-electron chi connectivity index (χ2n) is 7.24. The van der Waals surface area contributed by atoms with Crippen LogP contribution in [0.15, 0.2) is 82.4 Å². The fourth-order valence-electron chi connectivity index (χ4n) is 2.96. The van der Waals surface area contributed by atoms with Crippen molar-refractivity contribution >= 4 is 56.4 Å². The molecule has 0 saturated heterocycles. The predicted octanol–water partition coefficient (Wildman–Crippen LogP) is 4.28. The lowest BCUT2D eigenvalue weighted by molar-refractivity contribution is -0.136. The Morgan fingerprint density at radius 1 is 0.946 bits per heavy atom. The van der Waals surface area contributed by atoms with Gasteiger partial charge in [0.2, 0.25) is 5.13 Å². The summed E-state index contributed by atoms with van der Waals surface area (Å²) in [4.78, 5) is 36.7. The molecule has 12 heteroatoms. The van der Waals surface area contributed by atoms with Crippen molar-refractivity contribution in [1.82, 2.24) is 15.6 Å². The van der Waals surface area contributed by atoms with Crippen LogP contribution in [0.5, 0.6) is 11.5 Å². The number of esters is 1. The molecule has 2 amide bonds. The first kappa shape index (κ1) is 25.7. The number of hydrogen-bond donors (Lipinski definition) is 2. The number of methoxy groups -OCH3 is 1. The van der Waals surface area contributed by atoms with E-state index in [1.54, 1.807) is 36.4 Å². The van der Waals surface area contributed by atoms with E-state index < -0.39 is 17.8 Å². The molecule has 186 valence electrons. The Labute approximate surface area is 223 Å². The van der Waals surface area contributed by atoms with Gasteiger partial charge in [0.05, 0.1) is 18.9 Å². The number of halogens is 1. The van der Waals surface area contributed by atoms with E-state index in [0.717, 1.165) is 21.4 Å². The maximum atomic E-state index is 12.4. The second-order valence-corrected chi connectivity index (χ2v) is 9.14. The molecule has 0 fully saturated rings. The first-order chi connectivity index (χ1) is 17.9. The maximum absolute atomic E-state index is 12.4. The highest BCUT2D eigenvalue weighted by molar-refractivity contribution is 9.10. The molecule has 0 aliphatic carbocycles. The van der Waals surface area contributed by atoms with Crippen molar-refractivity contribution in [2.75, 3.05) is 12.4 Å². The SMILES string of the molecule is COc1cc(/C=N\NC(=O)C(=O)Nc2nnc(-c3ccccc3)s2)ccc1OC(=O)c1cccc(Br)c1. The number of hydrogen-bond acceptors (Lipinski definition) is 9. The largest absolute Gasteiger partial charge is 0.493 e. The van der Waals surface area contributed by atoms with Crippen LogP contribution in [-0.2, 0) is 9.59 Å². The Hall–Kier alpha value is -4.42. The fraction of sp³-hybridized carbons (Fsp3) is 0.0400. The molecule has 37 heavy (non-hydrogen) atoms. The first-order valence-corrected chi connectivity index (χ1v) is 12.2. The molecule has 0 radical (unpaired) electrons. The van der Waals surface area contributed by atoms with Gasteiger partial charge in [0.1, 0.15) is 5.01 Å². The Bertz CT molecular complexity index is 1480. The van der Waals surface area contributed by atoms with Gasteiger partial charge in [-0.1, -0.05) is 63.7 Å². The van der Waals surface area contributed by atoms with Gasteiger partial charge in [-0.15, -0.1) is 10.2 Å². The van der Waals surface area contributed by atoms with E-state index in [0.29, 0.717) is 16.1 Å². The quantitative estimate of drug-likeness (QED) is 0.110. The maximum Gasteiger partial charge on any atom is 0.343 e. The number of nitrogens with one attached hydrogen (secondary N) is 2. The molecule has 0 spiro atoms. The molecule has 10 nitrogen and oxygen atoms in total. The molecule has 0 aliphatic rings. The summed E-state index contributed by atoms with van der Waals surface area (Å²) in [6, 6.07) is 20.8. The lowest BCUT2D eigenvalue weighted by Crippen LogP contribution is -2.32. The van der Waals surface area contributed by atoms with E-state index in [4.69, 9.17) is 9.47 Å². The zero-order valence-corrected chi connectivity index (χ0v) is 21.6. The van der Waals surface area contributed by atoms with E-state index >= 15 is 0 Å². The van der Waals surface area contributed by atoms with Gasteiger partial charge < -0.3 is 9.47 Å². The van der Waals surface area contributed by atoms with Crippen LogP contribution < -0.4 is 20.2 Å². The third-order valence-corrected chi connectivity index (χ3v) is 6.08. The van der Waals surface area contributed by atoms with Crippen molar-refractivity contribution in [3.05, 3.63) is 88.4 Å². The molecule has 0 saturated carbocycles. The van der Waals surface area contributed by atoms with Crippen molar-refractivity contribution in [1.29, 1.82) is 0 Å². The van der Waals surface area contributed by atoms with Gasteiger partial charge in [0, 0.05) is 10.0 Å². The number of ether oxygens (including phenoxy) is 2. The summed E-state index contributed by atoms with van der Waals surface area (Å²) in [5.41, 5.74) is 3.88. The van der Waals surface area contributed by atoms with Crippen LogP contribution in [0, 0.1) is 0 Å². The predicted molar refractivity (Wildman–Crippen MR) is 142 cm³/mol. The molecule has 4 rings (SSSR count). The monoisotopic (exact) mass is 579 g/mol. The molecule has 0 atom stereocenters. The Balaban J connectivity index is 1.33. The van der Waals surface area contributed by atoms with E-state index in [1.807, 2.05) is 30.3 Å². The minimum absolute atomic E-state index is 0.181. The van der Waals surface area contributed by atoms with Crippen LogP contribution >= 0.6 is 27.3 Å². The molecule has 0 aliphatic heterocycles. The summed E-state index contributed by atoms with van der Waals surface area (Å²) in [5.74, 6) is -1.99. The van der Waals surface area contributed by atoms with Crippen LogP contribution in [0.25, 0.3) is 10.6 Å². The van der Waals surface area contributed by atoms with Crippen LogP contribution in [0.1, 0.15) is 15.9 Å². The second kappa shape index (κ2) is 12.0. The van der Waals surface area contributed by atoms with Crippen LogP contribution in [0.4, 0.5) is 5.13 Å². The molecule has 0 bridgehead atoms. The van der Waals surface area contributed by atoms with Crippen molar-refractivity contribution in [2.45, 2.75) is 0 Å². The smallest absolute Gasteiger partial charge is 0.343 e. The highest BCUT2D eigenvalue weighted by Crippen LogP contribution is 2.29. The normalized spacial score (nSPS) is 10.6. The van der Waals surface area contributed by atoms with E-state index in [9.17, 15) is 14.4 Å². The van der Waals surface area contributed by atoms with E-state index in [-0.39, 0.29) is 16.6 Å². The molecule has 2 N–H and O–H groups in total. The zero-order valence-electron chi connectivity index (χ0n) is 19.2. The standard InChI is InChI=1S/C25H18BrN5O5S/c1-35-20-12-15(10-11-19(20)36-24(34)17-8-5-9-18(26)13-17)14-27-29-22(33)21(32)28-25-31-30-23(37-25)16-6-3-2-4-7-16/h2-14H,1H3,(H,29,33)(H,28,31,32)/b27-14-. The summed E-state index contributed by atoms with van der Waals surface area (Å²) in [6.45, 7) is 0. The summed E-state index contributed by atoms with van der Waals surface area (Å²) < 4.78 is 11.5. The topological polar surface area (TPSA) is 132 Å². The Morgan fingerprint density at radius 3 is 2.51 bits per heavy atom. The highest BCUT2D eigenvalue weighted by atomic mass is 79.9. The summed E-state index contributed by atoms with van der Waals surface area (Å²) >= 11 is 4.45. The summed E-state index contributed by atoms with van der Waals surface area (Å²) in [6.07, 6.45) is 1.31. The van der Waals surface area contributed by atoms with Crippen molar-refractivity contribution in [3.8, 4) is 22.1 Å². The van der Waals surface area contributed by atoms with Crippen molar-refractivity contribution < 1.29 is 23.9 Å². The molecule has 4 aromatic rings. The highest BCUT2D eigenvalue weighted by Gasteiger charge is 2.16. The van der Waals surface area contributed by atoms with Gasteiger partial charge >= 0.3 is 17.8 Å². The molecule has 1 heterocycles. The van der Waals surface area contributed by atoms with E-state index in [1.165, 1.54) is 19.4 Å². The van der Waals surface area contributed by atoms with Crippen LogP contribution in [-0.4, -0.2) is 41.3 Å². The van der Waals surface area contributed by atoms with Gasteiger partial charge in [-0.25, -0.2) is 10.2 Å². The third kappa shape index (κ3) is 6.84. The number of hydrazone groups is 1. The number of benzene rings is 3. The lowest BCUT2D eigenvalue weighted by atomic mass is 10.2. The number of carbonyl (C=O) groups excluding carboxylic acids is 3. The third-order valence-electron chi connectivity index (χ3n) is 4.70. The minimum Gasteiger partial charge on any atom is -0.493 e. The fourth-order valence-corrected chi connectivity index (χ4v) is 4.11. The average Bonchev–Trinajstić information content (AvgIpc) is 3.38. The van der Waals surface area contributed by atoms with Gasteiger partial charge in [-0.05, 0) is 42.0 Å². The zero-order chi connectivity index (χ0) is 26.2. The minimum atomic E-state index is -0.987. The molecule has 3 aromatic carbocycles. The average molecular weight is 580 g/mol. The number of anilines is 1. The molecule has 1 aromatic heterocycles. The Kier molecular flexibility index (Phi) is 8.33. The van der Waals surface area contributed by atoms with Gasteiger partial charge in [0.25, 0.3) is 0 Å². The summed E-state index contributed by atoms with van der Waals surface area (Å²) in [7, 11) is 1.43. The molecule has 0 unspecified atom stereocenters. The van der Waals surface area contributed by atoms with Crippen LogP contribution in [0.2, 0.25) is 0 Å². The molecular weight excluding hydrogens is 562 g/mol. The number of amides is 2. The van der Waals surface area contributed by atoms with Crippen molar-refractivity contribution in [3.63, 3.8) is 0 Å². The number of nitrogens with zero attached hydrogens (tertiary/aromatic N) is 3. The van der Waals surface area contributed by atoms with E-state index in [2.05, 4.69) is 42.0 Å². The first-order valence-electron chi connectivity index (χ1n) is 10.6. The number of carbonyl (C=O) groups is 3. The number of aromatic nitrogens is 2. The molecular formula is C25H18BrN5O5S. The lowest BCUT2D eigenvalue weighted by Gasteiger charge is -2.10. The summed E-state index contributed by atoms with van der Waals surface area (Å²) in [5, 5.41) is 14.9. The number of rotatable bonds is 7. The Morgan fingerprint density at radius 2 is 1.76 bits per heavy atom. The van der Waals surface area contributed by atoms with Gasteiger partial charge in [-0.2, -0.15) is 5.10 Å². The van der Waals surface area contributed by atoms with Gasteiger partial charge in [0.15, 0.2) is 11.5 Å². The van der Waals surface area contributed by atoms with Crippen LogP contribution in [0.3, 0.4) is 0 Å². The van der Waals surface area contributed by atoms with Crippen molar-refractivity contribution in [2.24, 2.45) is 5.10 Å². The van der Waals surface area contributed by atoms with Gasteiger partial charge in [-0.3, -0.25) is 14.9 Å².